The van der Waals surface area contributed by atoms with Crippen LogP contribution in [0, 0.1) is 25.2 Å². The van der Waals surface area contributed by atoms with Crippen molar-refractivity contribution in [2.45, 2.75) is 20.4 Å². The van der Waals surface area contributed by atoms with Gasteiger partial charge in [-0.1, -0.05) is 18.2 Å². The van der Waals surface area contributed by atoms with Crippen LogP contribution in [0.1, 0.15) is 22.6 Å². The SMILES string of the molecule is Cc1nn(Cc2nc(N)nc(Nc3ccccc3)n2)c(=O)c(C#N)c1C. The van der Waals surface area contributed by atoms with Crippen LogP contribution in [0.4, 0.5) is 17.6 Å². The van der Waals surface area contributed by atoms with Crippen molar-refractivity contribution in [3.63, 3.8) is 0 Å². The highest BCUT2D eigenvalue weighted by molar-refractivity contribution is 5.53. The zero-order valence-electron chi connectivity index (χ0n) is 14.3. The van der Waals surface area contributed by atoms with Crippen LogP contribution in [0.5, 0.6) is 0 Å². The average Bonchev–Trinajstić information content (AvgIpc) is 2.60. The van der Waals surface area contributed by atoms with Gasteiger partial charge in [0.25, 0.3) is 5.56 Å². The van der Waals surface area contributed by atoms with Gasteiger partial charge in [-0.15, -0.1) is 0 Å². The van der Waals surface area contributed by atoms with Gasteiger partial charge in [0.1, 0.15) is 18.2 Å². The Morgan fingerprint density at radius 3 is 2.62 bits per heavy atom. The fourth-order valence-electron chi connectivity index (χ4n) is 2.36. The van der Waals surface area contributed by atoms with E-state index in [1.807, 2.05) is 36.4 Å². The van der Waals surface area contributed by atoms with E-state index in [4.69, 9.17) is 5.73 Å². The molecule has 0 saturated carbocycles. The molecule has 3 aromatic rings. The number of hydrogen-bond acceptors (Lipinski definition) is 8. The quantitative estimate of drug-likeness (QED) is 0.720. The van der Waals surface area contributed by atoms with Gasteiger partial charge in [-0.2, -0.15) is 25.3 Å². The molecule has 0 aliphatic heterocycles. The summed E-state index contributed by atoms with van der Waals surface area (Å²) in [5.41, 5.74) is 7.26. The van der Waals surface area contributed by atoms with E-state index < -0.39 is 5.56 Å². The lowest BCUT2D eigenvalue weighted by atomic mass is 10.1. The molecule has 0 atom stereocenters. The molecule has 9 heteroatoms. The highest BCUT2D eigenvalue weighted by Crippen LogP contribution is 2.13. The largest absolute Gasteiger partial charge is 0.368 e. The maximum atomic E-state index is 12.4. The molecule has 2 heterocycles. The van der Waals surface area contributed by atoms with Gasteiger partial charge in [-0.3, -0.25) is 4.79 Å². The molecule has 1 aromatic carbocycles. The molecule has 0 aliphatic rings. The van der Waals surface area contributed by atoms with Gasteiger partial charge in [0.2, 0.25) is 11.9 Å². The topological polar surface area (TPSA) is 135 Å². The minimum absolute atomic E-state index is 0.0193. The third kappa shape index (κ3) is 3.49. The Bertz CT molecular complexity index is 1050. The van der Waals surface area contributed by atoms with E-state index >= 15 is 0 Å². The summed E-state index contributed by atoms with van der Waals surface area (Å²) < 4.78 is 1.15. The number of hydrogen-bond donors (Lipinski definition) is 2. The highest BCUT2D eigenvalue weighted by Gasteiger charge is 2.13. The Labute approximate surface area is 149 Å². The van der Waals surface area contributed by atoms with E-state index in [1.165, 1.54) is 0 Å². The Morgan fingerprint density at radius 2 is 1.92 bits per heavy atom. The van der Waals surface area contributed by atoms with Crippen LogP contribution >= 0.6 is 0 Å². The van der Waals surface area contributed by atoms with Crippen molar-refractivity contribution >= 4 is 17.6 Å². The summed E-state index contributed by atoms with van der Waals surface area (Å²) in [6.45, 7) is 3.40. The molecular weight excluding hydrogens is 332 g/mol. The summed E-state index contributed by atoms with van der Waals surface area (Å²) in [5.74, 6) is 0.541. The number of benzene rings is 1. The second-order valence-electron chi connectivity index (χ2n) is 5.58. The maximum Gasteiger partial charge on any atom is 0.285 e. The van der Waals surface area contributed by atoms with Crippen LogP contribution in [0.3, 0.4) is 0 Å². The number of anilines is 3. The molecule has 0 radical (unpaired) electrons. The van der Waals surface area contributed by atoms with Crippen LogP contribution in [-0.2, 0) is 6.54 Å². The Hall–Kier alpha value is -3.80. The van der Waals surface area contributed by atoms with Gasteiger partial charge in [-0.05, 0) is 31.5 Å². The lowest BCUT2D eigenvalue weighted by molar-refractivity contribution is 0.600. The first kappa shape index (κ1) is 17.0. The van der Waals surface area contributed by atoms with Gasteiger partial charge in [0, 0.05) is 5.69 Å². The molecule has 0 unspecified atom stereocenters. The molecule has 0 spiro atoms. The van der Waals surface area contributed by atoms with Gasteiger partial charge < -0.3 is 11.1 Å². The number of para-hydroxylation sites is 1. The average molecular weight is 348 g/mol. The summed E-state index contributed by atoms with van der Waals surface area (Å²) in [4.78, 5) is 24.8. The summed E-state index contributed by atoms with van der Waals surface area (Å²) in [6, 6.07) is 11.3. The first-order valence-electron chi connectivity index (χ1n) is 7.79. The molecule has 9 nitrogen and oxygen atoms in total. The van der Waals surface area contributed by atoms with E-state index in [1.54, 1.807) is 13.8 Å². The van der Waals surface area contributed by atoms with Crippen molar-refractivity contribution in [1.29, 1.82) is 5.26 Å². The molecule has 0 amide bonds. The lowest BCUT2D eigenvalue weighted by Gasteiger charge is -2.10. The number of nitrogens with zero attached hydrogens (tertiary/aromatic N) is 6. The van der Waals surface area contributed by atoms with Crippen molar-refractivity contribution in [3.05, 3.63) is 63.3 Å². The van der Waals surface area contributed by atoms with Gasteiger partial charge in [0.15, 0.2) is 5.82 Å². The van der Waals surface area contributed by atoms with Crippen LogP contribution in [0.25, 0.3) is 0 Å². The predicted octanol–water partition coefficient (Wildman–Crippen LogP) is 1.29. The smallest absolute Gasteiger partial charge is 0.285 e. The highest BCUT2D eigenvalue weighted by atomic mass is 16.1. The number of nitrogen functional groups attached to an aromatic ring is 1. The molecule has 26 heavy (non-hydrogen) atoms. The van der Waals surface area contributed by atoms with Crippen molar-refractivity contribution in [3.8, 4) is 6.07 Å². The van der Waals surface area contributed by atoms with E-state index in [9.17, 15) is 10.1 Å². The summed E-state index contributed by atoms with van der Waals surface area (Å²) >= 11 is 0. The summed E-state index contributed by atoms with van der Waals surface area (Å²) in [7, 11) is 0. The number of rotatable bonds is 4. The Kier molecular flexibility index (Phi) is 4.57. The zero-order valence-corrected chi connectivity index (χ0v) is 14.3. The van der Waals surface area contributed by atoms with E-state index in [-0.39, 0.29) is 29.8 Å². The van der Waals surface area contributed by atoms with Crippen LogP contribution in [0.2, 0.25) is 0 Å². The fraction of sp³-hybridized carbons (Fsp3) is 0.176. The standard InChI is InChI=1S/C17H16N8O/c1-10-11(2)24-25(15(26)13(10)8-18)9-14-21-16(19)23-17(22-14)20-12-6-4-3-5-7-12/h3-7H,9H2,1-2H3,(H3,19,20,21,22,23). The number of aromatic nitrogens is 5. The van der Waals surface area contributed by atoms with Crippen LogP contribution in [-0.4, -0.2) is 24.7 Å². The van der Waals surface area contributed by atoms with Crippen molar-refractivity contribution < 1.29 is 0 Å². The fourth-order valence-corrected chi connectivity index (χ4v) is 2.36. The normalized spacial score (nSPS) is 10.3. The molecule has 130 valence electrons. The Morgan fingerprint density at radius 1 is 1.19 bits per heavy atom. The van der Waals surface area contributed by atoms with Crippen molar-refractivity contribution in [2.24, 2.45) is 0 Å². The molecular formula is C17H16N8O. The number of aryl methyl sites for hydroxylation is 1. The maximum absolute atomic E-state index is 12.4. The first-order valence-corrected chi connectivity index (χ1v) is 7.79. The molecule has 0 bridgehead atoms. The minimum atomic E-state index is -0.493. The van der Waals surface area contributed by atoms with E-state index in [0.29, 0.717) is 11.3 Å². The molecule has 0 aliphatic carbocycles. The lowest BCUT2D eigenvalue weighted by Crippen LogP contribution is -2.28. The zero-order chi connectivity index (χ0) is 18.7. The molecule has 3 rings (SSSR count). The summed E-state index contributed by atoms with van der Waals surface area (Å²) in [5, 5.41) is 16.4. The molecule has 0 fully saturated rings. The first-order chi connectivity index (χ1) is 12.5. The molecule has 0 saturated heterocycles. The summed E-state index contributed by atoms with van der Waals surface area (Å²) in [6.07, 6.45) is 0. The number of nitrogens with two attached hydrogens (primary N) is 1. The van der Waals surface area contributed by atoms with Crippen molar-refractivity contribution in [2.75, 3.05) is 11.1 Å². The number of nitrogens with one attached hydrogen (secondary N) is 1. The van der Waals surface area contributed by atoms with Gasteiger partial charge in [-0.25, -0.2) is 4.68 Å². The molecule has 3 N–H and O–H groups in total. The minimum Gasteiger partial charge on any atom is -0.368 e. The third-order valence-corrected chi connectivity index (χ3v) is 3.77. The molecule has 2 aromatic heterocycles. The van der Waals surface area contributed by atoms with Crippen molar-refractivity contribution in [1.82, 2.24) is 24.7 Å². The number of nitriles is 1. The van der Waals surface area contributed by atoms with Gasteiger partial charge >= 0.3 is 0 Å². The van der Waals surface area contributed by atoms with E-state index in [0.717, 1.165) is 10.4 Å². The van der Waals surface area contributed by atoms with Crippen LogP contribution < -0.4 is 16.6 Å². The van der Waals surface area contributed by atoms with E-state index in [2.05, 4.69) is 25.4 Å². The second-order valence-corrected chi connectivity index (χ2v) is 5.58. The van der Waals surface area contributed by atoms with Crippen LogP contribution in [0.15, 0.2) is 35.1 Å². The second kappa shape index (κ2) is 6.98. The third-order valence-electron chi connectivity index (χ3n) is 3.77. The Balaban J connectivity index is 1.95. The van der Waals surface area contributed by atoms with Gasteiger partial charge in [0.05, 0.1) is 5.69 Å². The predicted molar refractivity (Wildman–Crippen MR) is 95.8 cm³/mol. The monoisotopic (exact) mass is 348 g/mol.